The molecule has 0 aliphatic heterocycles. The summed E-state index contributed by atoms with van der Waals surface area (Å²) in [5.74, 6) is -1.47. The van der Waals surface area contributed by atoms with Gasteiger partial charge in [0, 0.05) is 22.5 Å². The molecule has 0 unspecified atom stereocenters. The summed E-state index contributed by atoms with van der Waals surface area (Å²) in [7, 11) is 0. The van der Waals surface area contributed by atoms with E-state index in [1.807, 2.05) is 30.3 Å². The van der Waals surface area contributed by atoms with Crippen LogP contribution in [0.2, 0.25) is 0 Å². The number of aromatic nitrogens is 3. The van der Waals surface area contributed by atoms with Gasteiger partial charge in [-0.1, -0.05) is 18.2 Å². The van der Waals surface area contributed by atoms with Crippen LogP contribution in [0.5, 0.6) is 0 Å². The van der Waals surface area contributed by atoms with Crippen LogP contribution in [0, 0.1) is 5.82 Å². The predicted molar refractivity (Wildman–Crippen MR) is 135 cm³/mol. The summed E-state index contributed by atoms with van der Waals surface area (Å²) in [5.41, 5.74) is 1.46. The number of nitrogens with zero attached hydrogens (tertiary/aromatic N) is 3. The number of oxazole rings is 1. The first kappa shape index (κ1) is 24.1. The Balaban J connectivity index is 1.51. The molecule has 0 radical (unpaired) electrons. The number of pyridine rings is 2. The maximum Gasteiger partial charge on any atom is 0.339 e. The van der Waals surface area contributed by atoms with Gasteiger partial charge in [-0.05, 0) is 57.2 Å². The van der Waals surface area contributed by atoms with E-state index in [4.69, 9.17) is 14.1 Å². The van der Waals surface area contributed by atoms with Gasteiger partial charge in [-0.15, -0.1) is 0 Å². The van der Waals surface area contributed by atoms with Crippen LogP contribution in [0.3, 0.4) is 0 Å². The molecule has 0 atom stereocenters. The van der Waals surface area contributed by atoms with Crippen LogP contribution in [0.4, 0.5) is 4.39 Å². The molecule has 1 amide bonds. The molecule has 2 aromatic carbocycles. The third-order valence-corrected chi connectivity index (χ3v) is 5.49. The second-order valence-corrected chi connectivity index (χ2v) is 9.43. The van der Waals surface area contributed by atoms with Crippen molar-refractivity contribution in [3.63, 3.8) is 0 Å². The van der Waals surface area contributed by atoms with Crippen molar-refractivity contribution in [3.8, 4) is 11.5 Å². The highest BCUT2D eigenvalue weighted by atomic mass is 19.1. The zero-order chi connectivity index (χ0) is 26.2. The lowest BCUT2D eigenvalue weighted by molar-refractivity contribution is 0.00717. The largest absolute Gasteiger partial charge is 0.456 e. The molecular weight excluding hydrogens is 475 g/mol. The van der Waals surface area contributed by atoms with E-state index in [0.29, 0.717) is 22.0 Å². The average Bonchev–Trinajstić information content (AvgIpc) is 3.36. The minimum absolute atomic E-state index is 0.00303. The second-order valence-electron chi connectivity index (χ2n) is 9.43. The average molecular weight is 499 g/mol. The van der Waals surface area contributed by atoms with Crippen LogP contribution < -0.4 is 5.32 Å². The molecule has 37 heavy (non-hydrogen) atoms. The molecule has 9 heteroatoms. The monoisotopic (exact) mass is 498 g/mol. The maximum absolute atomic E-state index is 13.8. The Morgan fingerprint density at radius 2 is 1.84 bits per heavy atom. The first-order valence-electron chi connectivity index (χ1n) is 11.6. The van der Waals surface area contributed by atoms with Gasteiger partial charge in [-0.3, -0.25) is 9.78 Å². The third-order valence-electron chi connectivity index (χ3n) is 5.49. The summed E-state index contributed by atoms with van der Waals surface area (Å²) in [6, 6.07) is 15.6. The predicted octanol–water partition coefficient (Wildman–Crippen LogP) is 5.46. The Hall–Kier alpha value is -4.66. The van der Waals surface area contributed by atoms with Gasteiger partial charge < -0.3 is 14.5 Å². The summed E-state index contributed by atoms with van der Waals surface area (Å²) < 4.78 is 25.0. The molecule has 0 spiro atoms. The molecule has 0 aliphatic rings. The highest BCUT2D eigenvalue weighted by Gasteiger charge is 2.23. The van der Waals surface area contributed by atoms with Gasteiger partial charge in [-0.25, -0.2) is 19.2 Å². The van der Waals surface area contributed by atoms with Crippen molar-refractivity contribution in [1.29, 1.82) is 0 Å². The molecule has 0 fully saturated rings. The molecule has 186 valence electrons. The summed E-state index contributed by atoms with van der Waals surface area (Å²) in [5, 5.41) is 4.08. The summed E-state index contributed by atoms with van der Waals surface area (Å²) in [6.07, 6.45) is 2.64. The number of hydrogen-bond donors (Lipinski definition) is 1. The van der Waals surface area contributed by atoms with Crippen molar-refractivity contribution in [3.05, 3.63) is 89.8 Å². The van der Waals surface area contributed by atoms with Gasteiger partial charge >= 0.3 is 5.97 Å². The van der Waals surface area contributed by atoms with E-state index >= 15 is 0 Å². The fourth-order valence-corrected chi connectivity index (χ4v) is 3.82. The minimum Gasteiger partial charge on any atom is -0.456 e. The van der Waals surface area contributed by atoms with Crippen LogP contribution in [-0.2, 0) is 11.3 Å². The Morgan fingerprint density at radius 3 is 2.62 bits per heavy atom. The number of benzene rings is 2. The first-order chi connectivity index (χ1) is 17.7. The van der Waals surface area contributed by atoms with Gasteiger partial charge in [0.2, 0.25) is 5.89 Å². The number of carbonyl (C=O) groups is 2. The summed E-state index contributed by atoms with van der Waals surface area (Å²) in [4.78, 5) is 38.7. The lowest BCUT2D eigenvalue weighted by Gasteiger charge is -2.20. The Kier molecular flexibility index (Phi) is 6.12. The normalized spacial score (nSPS) is 11.6. The Morgan fingerprint density at radius 1 is 1.03 bits per heavy atom. The van der Waals surface area contributed by atoms with Gasteiger partial charge in [-0.2, -0.15) is 0 Å². The molecule has 5 rings (SSSR count). The van der Waals surface area contributed by atoms with E-state index in [1.165, 1.54) is 24.6 Å². The fourth-order valence-electron chi connectivity index (χ4n) is 3.82. The van der Waals surface area contributed by atoms with Crippen molar-refractivity contribution < 1.29 is 23.1 Å². The highest BCUT2D eigenvalue weighted by molar-refractivity contribution is 6.08. The number of halogens is 1. The van der Waals surface area contributed by atoms with Gasteiger partial charge in [0.15, 0.2) is 5.69 Å². The minimum atomic E-state index is -0.703. The Labute approximate surface area is 211 Å². The van der Waals surface area contributed by atoms with E-state index in [2.05, 4.69) is 15.3 Å². The van der Waals surface area contributed by atoms with E-state index in [1.54, 1.807) is 32.9 Å². The zero-order valence-corrected chi connectivity index (χ0v) is 20.4. The number of nitrogens with one attached hydrogen (secondary N) is 1. The molecule has 0 aliphatic carbocycles. The number of fused-ring (bicyclic) bond motifs is 2. The Bertz CT molecular complexity index is 1660. The molecular formula is C28H23FN4O4. The van der Waals surface area contributed by atoms with Crippen molar-refractivity contribution in [2.75, 3.05) is 0 Å². The van der Waals surface area contributed by atoms with Crippen molar-refractivity contribution in [2.45, 2.75) is 32.9 Å². The number of para-hydroxylation sites is 1. The number of ether oxygens (including phenoxy) is 1. The van der Waals surface area contributed by atoms with Crippen LogP contribution in [-0.4, -0.2) is 32.4 Å². The number of esters is 1. The van der Waals surface area contributed by atoms with E-state index in [-0.39, 0.29) is 23.8 Å². The molecule has 3 heterocycles. The van der Waals surface area contributed by atoms with Gasteiger partial charge in [0.05, 0.1) is 28.8 Å². The lowest BCUT2D eigenvalue weighted by Crippen LogP contribution is -2.24. The van der Waals surface area contributed by atoms with Crippen molar-refractivity contribution in [1.82, 2.24) is 20.3 Å². The first-order valence-corrected chi connectivity index (χ1v) is 11.6. The molecule has 0 bridgehead atoms. The van der Waals surface area contributed by atoms with E-state index < -0.39 is 23.3 Å². The van der Waals surface area contributed by atoms with Crippen LogP contribution in [0.1, 0.15) is 47.3 Å². The zero-order valence-electron chi connectivity index (χ0n) is 20.4. The van der Waals surface area contributed by atoms with Crippen LogP contribution >= 0.6 is 0 Å². The molecule has 3 aromatic heterocycles. The topological polar surface area (TPSA) is 107 Å². The van der Waals surface area contributed by atoms with Gasteiger partial charge in [0.25, 0.3) is 5.91 Å². The van der Waals surface area contributed by atoms with E-state index in [0.717, 1.165) is 10.9 Å². The standard InChI is InChI=1S/C28H23FN4O4/c1-28(2,3)37-27(35)19-12-17(13-22-18(19)11-16-7-4-5-9-21(16)32-22)26-33-24(15-36-26)25(34)31-14-23-20(29)8-6-10-30-23/h4-13,15H,14H2,1-3H3,(H,31,34). The third kappa shape index (κ3) is 5.16. The summed E-state index contributed by atoms with van der Waals surface area (Å²) >= 11 is 0. The molecule has 0 saturated heterocycles. The smallest absolute Gasteiger partial charge is 0.339 e. The fraction of sp³-hybridized carbons (Fsp3) is 0.179. The lowest BCUT2D eigenvalue weighted by atomic mass is 10.0. The molecule has 5 aromatic rings. The molecule has 1 N–H and O–H groups in total. The molecule has 8 nitrogen and oxygen atoms in total. The molecule has 0 saturated carbocycles. The highest BCUT2D eigenvalue weighted by Crippen LogP contribution is 2.30. The van der Waals surface area contributed by atoms with Gasteiger partial charge in [0.1, 0.15) is 17.7 Å². The number of carbonyl (C=O) groups excluding carboxylic acids is 2. The van der Waals surface area contributed by atoms with E-state index in [9.17, 15) is 14.0 Å². The SMILES string of the molecule is CC(C)(C)OC(=O)c1cc(-c2nc(C(=O)NCc3ncccc3F)co2)cc2nc3ccccc3cc12. The maximum atomic E-state index is 13.8. The van der Waals surface area contributed by atoms with Crippen LogP contribution in [0.25, 0.3) is 33.3 Å². The quantitative estimate of drug-likeness (QED) is 0.253. The van der Waals surface area contributed by atoms with Crippen molar-refractivity contribution in [2.24, 2.45) is 0 Å². The second kappa shape index (κ2) is 9.42. The summed E-state index contributed by atoms with van der Waals surface area (Å²) in [6.45, 7) is 5.27. The van der Waals surface area contributed by atoms with Crippen LogP contribution in [0.15, 0.2) is 71.5 Å². The number of hydrogen-bond acceptors (Lipinski definition) is 7. The number of amides is 1. The van der Waals surface area contributed by atoms with Crippen molar-refractivity contribution >= 4 is 33.7 Å². The number of rotatable bonds is 5.